The van der Waals surface area contributed by atoms with Gasteiger partial charge < -0.3 is 0 Å². The third-order valence-electron chi connectivity index (χ3n) is 1.55. The average Bonchev–Trinajstić information content (AvgIpc) is 1.98. The average molecular weight is 233 g/mol. The summed E-state index contributed by atoms with van der Waals surface area (Å²) in [6.07, 6.45) is 0.622. The molecule has 1 unspecified atom stereocenters. The molecule has 1 rings (SSSR count). The zero-order valence-corrected chi connectivity index (χ0v) is 10.4. The summed E-state index contributed by atoms with van der Waals surface area (Å²) < 4.78 is 28.9. The molecule has 1 atom stereocenters. The Labute approximate surface area is 86.3 Å². The minimum absolute atomic E-state index is 0.223. The van der Waals surface area contributed by atoms with Crippen LogP contribution in [-0.2, 0) is 14.5 Å². The van der Waals surface area contributed by atoms with Crippen molar-refractivity contribution in [2.24, 2.45) is 0 Å². The maximum absolute atomic E-state index is 11.0. The molecule has 0 aliphatic carbocycles. The van der Waals surface area contributed by atoms with E-state index in [1.54, 1.807) is 0 Å². The van der Waals surface area contributed by atoms with Crippen LogP contribution in [0.25, 0.3) is 0 Å². The van der Waals surface area contributed by atoms with Crippen LogP contribution in [0, 0.1) is 11.5 Å². The fourth-order valence-electron chi connectivity index (χ4n) is 0.948. The molecule has 0 spiro atoms. The molecule has 0 amide bonds. The van der Waals surface area contributed by atoms with E-state index in [1.807, 2.05) is 0 Å². The fourth-order valence-corrected chi connectivity index (χ4v) is 2.46. The van der Waals surface area contributed by atoms with Crippen molar-refractivity contribution in [3.05, 3.63) is 0 Å². The normalized spacial score (nSPS) is 26.4. The summed E-state index contributed by atoms with van der Waals surface area (Å²) in [4.78, 5) is 0. The second kappa shape index (κ2) is 4.02. The smallest absolute Gasteiger partial charge is 0.258 e. The highest BCUT2D eigenvalue weighted by atomic mass is 32.2. The van der Waals surface area contributed by atoms with Crippen molar-refractivity contribution >= 4 is 18.4 Å². The van der Waals surface area contributed by atoms with Gasteiger partial charge in [0.1, 0.15) is 8.07 Å². The maximum atomic E-state index is 11.0. The van der Waals surface area contributed by atoms with Crippen LogP contribution in [-0.4, -0.2) is 29.1 Å². The molecule has 1 aliphatic heterocycles. The summed E-state index contributed by atoms with van der Waals surface area (Å²) in [6, 6.07) is -0.277. The van der Waals surface area contributed by atoms with E-state index in [9.17, 15) is 8.42 Å². The maximum Gasteiger partial charge on any atom is 0.336 e. The van der Waals surface area contributed by atoms with Crippen LogP contribution in [0.1, 0.15) is 6.42 Å². The molecule has 4 nitrogen and oxygen atoms in total. The van der Waals surface area contributed by atoms with Gasteiger partial charge in [0.15, 0.2) is 0 Å². The van der Waals surface area contributed by atoms with Gasteiger partial charge in [0.25, 0.3) is 0 Å². The van der Waals surface area contributed by atoms with Crippen molar-refractivity contribution in [1.82, 2.24) is 4.72 Å². The molecular weight excluding hydrogens is 218 g/mol. The monoisotopic (exact) mass is 233 g/mol. The van der Waals surface area contributed by atoms with Gasteiger partial charge in [-0.05, 0) is 6.42 Å². The second-order valence-electron chi connectivity index (χ2n) is 4.25. The lowest BCUT2D eigenvalue weighted by atomic mass is 10.2. The number of hydrogen-bond acceptors (Lipinski definition) is 3. The third kappa shape index (κ3) is 4.24. The highest BCUT2D eigenvalue weighted by Crippen LogP contribution is 2.05. The van der Waals surface area contributed by atoms with E-state index in [0.717, 1.165) is 0 Å². The minimum Gasteiger partial charge on any atom is -0.258 e. The Morgan fingerprint density at radius 2 is 2.07 bits per heavy atom. The highest BCUT2D eigenvalue weighted by Gasteiger charge is 2.22. The summed E-state index contributed by atoms with van der Waals surface area (Å²) in [5.74, 6) is 2.96. The first-order chi connectivity index (χ1) is 6.29. The molecule has 0 saturated carbocycles. The van der Waals surface area contributed by atoms with Crippen LogP contribution in [0.15, 0.2) is 0 Å². The van der Waals surface area contributed by atoms with Gasteiger partial charge in [0.05, 0.1) is 12.6 Å². The van der Waals surface area contributed by atoms with Crippen LogP contribution < -0.4 is 4.72 Å². The molecule has 80 valence electrons. The molecule has 6 heteroatoms. The van der Waals surface area contributed by atoms with Crippen molar-refractivity contribution in [3.63, 3.8) is 0 Å². The first-order valence-electron chi connectivity index (χ1n) is 4.48. The summed E-state index contributed by atoms with van der Waals surface area (Å²) in [5.41, 5.74) is 3.14. The van der Waals surface area contributed by atoms with E-state index in [0.29, 0.717) is 6.42 Å². The fraction of sp³-hybridized carbons (Fsp3) is 0.750. The van der Waals surface area contributed by atoms with Crippen LogP contribution in [0.3, 0.4) is 0 Å². The zero-order valence-electron chi connectivity index (χ0n) is 8.62. The molecule has 1 saturated heterocycles. The molecule has 0 aromatic rings. The van der Waals surface area contributed by atoms with Gasteiger partial charge in [-0.25, -0.2) is 0 Å². The third-order valence-corrected chi connectivity index (χ3v) is 3.50. The summed E-state index contributed by atoms with van der Waals surface area (Å²) >= 11 is 0. The van der Waals surface area contributed by atoms with E-state index >= 15 is 0 Å². The molecule has 1 heterocycles. The molecule has 0 bridgehead atoms. The van der Waals surface area contributed by atoms with E-state index in [2.05, 4.69) is 40.0 Å². The topological polar surface area (TPSA) is 55.4 Å². The van der Waals surface area contributed by atoms with Gasteiger partial charge in [0, 0.05) is 0 Å². The Hall–Kier alpha value is -0.353. The van der Waals surface area contributed by atoms with E-state index in [4.69, 9.17) is 0 Å². The van der Waals surface area contributed by atoms with Crippen molar-refractivity contribution in [2.75, 3.05) is 6.61 Å². The van der Waals surface area contributed by atoms with Crippen molar-refractivity contribution in [1.29, 1.82) is 0 Å². The minimum atomic E-state index is -3.54. The lowest BCUT2D eigenvalue weighted by Gasteiger charge is -2.19. The van der Waals surface area contributed by atoms with Crippen molar-refractivity contribution in [2.45, 2.75) is 32.1 Å². The van der Waals surface area contributed by atoms with Crippen LogP contribution in [0.2, 0.25) is 19.6 Å². The largest absolute Gasteiger partial charge is 0.336 e. The van der Waals surface area contributed by atoms with Gasteiger partial charge in [-0.2, -0.15) is 13.1 Å². The first-order valence-corrected chi connectivity index (χ1v) is 9.39. The molecule has 1 N–H and O–H groups in total. The molecule has 1 aliphatic rings. The Morgan fingerprint density at radius 1 is 1.43 bits per heavy atom. The van der Waals surface area contributed by atoms with Crippen LogP contribution in [0.5, 0.6) is 0 Å². The van der Waals surface area contributed by atoms with Crippen LogP contribution >= 0.6 is 0 Å². The molecule has 0 aromatic heterocycles. The van der Waals surface area contributed by atoms with Gasteiger partial charge >= 0.3 is 10.3 Å². The SMILES string of the molecule is C[Si](C)(C)C#CC1CCOS(=O)(=O)N1. The first kappa shape index (κ1) is 11.7. The number of nitrogens with one attached hydrogen (secondary N) is 1. The van der Waals surface area contributed by atoms with Crippen LogP contribution in [0.4, 0.5) is 0 Å². The molecule has 0 radical (unpaired) electrons. The number of rotatable bonds is 0. The van der Waals surface area contributed by atoms with Gasteiger partial charge in [-0.1, -0.05) is 25.6 Å². The summed E-state index contributed by atoms with van der Waals surface area (Å²) in [6.45, 7) is 6.58. The predicted octanol–water partition coefficient (Wildman–Crippen LogP) is 0.490. The summed E-state index contributed by atoms with van der Waals surface area (Å²) in [7, 11) is -4.96. The Balaban J connectivity index is 2.66. The standard InChI is InChI=1S/C8H15NO3SSi/c1-14(2,3)7-5-8-4-6-12-13(10,11)9-8/h8-9H,4,6H2,1-3H3. The number of hydrogen-bond donors (Lipinski definition) is 1. The van der Waals surface area contributed by atoms with E-state index in [1.165, 1.54) is 0 Å². The Kier molecular flexibility index (Phi) is 3.37. The van der Waals surface area contributed by atoms with E-state index < -0.39 is 18.4 Å². The Morgan fingerprint density at radius 3 is 2.57 bits per heavy atom. The van der Waals surface area contributed by atoms with Gasteiger partial charge in [-0.15, -0.1) is 5.54 Å². The molecule has 0 aromatic carbocycles. The molecule has 1 fully saturated rings. The van der Waals surface area contributed by atoms with E-state index in [-0.39, 0.29) is 12.6 Å². The summed E-state index contributed by atoms with van der Waals surface area (Å²) in [5, 5.41) is 0. The molecular formula is C8H15NO3SSi. The Bertz CT molecular complexity index is 360. The second-order valence-corrected chi connectivity index (χ2v) is 10.4. The quantitative estimate of drug-likeness (QED) is 0.489. The predicted molar refractivity (Wildman–Crippen MR) is 57.5 cm³/mol. The van der Waals surface area contributed by atoms with Crippen molar-refractivity contribution < 1.29 is 12.6 Å². The highest BCUT2D eigenvalue weighted by molar-refractivity contribution is 7.84. The lowest BCUT2D eigenvalue weighted by molar-refractivity contribution is 0.271. The van der Waals surface area contributed by atoms with Gasteiger partial charge in [-0.3, -0.25) is 4.18 Å². The lowest BCUT2D eigenvalue weighted by Crippen LogP contribution is -2.41. The zero-order chi connectivity index (χ0) is 10.8. The van der Waals surface area contributed by atoms with Crippen molar-refractivity contribution in [3.8, 4) is 11.5 Å². The molecule has 14 heavy (non-hydrogen) atoms. The van der Waals surface area contributed by atoms with Gasteiger partial charge in [0.2, 0.25) is 0 Å².